The number of aryl methyl sites for hydroxylation is 1. The van der Waals surface area contributed by atoms with Gasteiger partial charge in [-0.25, -0.2) is 9.48 Å². The van der Waals surface area contributed by atoms with Gasteiger partial charge in [0.2, 0.25) is 0 Å². The van der Waals surface area contributed by atoms with Crippen LogP contribution in [-0.2, 0) is 0 Å². The van der Waals surface area contributed by atoms with Crippen molar-refractivity contribution in [3.05, 3.63) is 50.9 Å². The summed E-state index contributed by atoms with van der Waals surface area (Å²) in [5.74, 6) is -1.26. The zero-order valence-electron chi connectivity index (χ0n) is 8.90. The van der Waals surface area contributed by atoms with Crippen molar-refractivity contribution in [3.63, 3.8) is 0 Å². The van der Waals surface area contributed by atoms with E-state index in [1.165, 1.54) is 6.92 Å². The van der Waals surface area contributed by atoms with E-state index >= 15 is 0 Å². The fraction of sp³-hybridized carbons (Fsp3) is 0.0909. The number of carboxylic acids is 1. The summed E-state index contributed by atoms with van der Waals surface area (Å²) < 4.78 is 1.13. The van der Waals surface area contributed by atoms with Gasteiger partial charge in [0.25, 0.3) is 5.56 Å². The van der Waals surface area contributed by atoms with Crippen LogP contribution in [0.25, 0.3) is 5.69 Å². The number of carbonyl (C=O) groups is 1. The Hall–Kier alpha value is -2.01. The Morgan fingerprint density at radius 1 is 1.41 bits per heavy atom. The largest absolute Gasteiger partial charge is 0.477 e. The van der Waals surface area contributed by atoms with E-state index in [2.05, 4.69) is 5.10 Å². The van der Waals surface area contributed by atoms with Crippen LogP contribution in [0.4, 0.5) is 0 Å². The van der Waals surface area contributed by atoms with Crippen molar-refractivity contribution < 1.29 is 9.90 Å². The molecular weight excluding hydrogens is 244 g/mol. The molecule has 0 saturated heterocycles. The van der Waals surface area contributed by atoms with Gasteiger partial charge in [0.1, 0.15) is 5.56 Å². The number of benzene rings is 1. The Kier molecular flexibility index (Phi) is 2.77. The number of halogens is 1. The summed E-state index contributed by atoms with van der Waals surface area (Å²) in [6, 6.07) is 6.69. The maximum absolute atomic E-state index is 11.9. The highest BCUT2D eigenvalue weighted by molar-refractivity contribution is 6.32. The monoisotopic (exact) mass is 252 g/mol. The number of rotatable bonds is 2. The number of H-pyrrole nitrogens is 1. The minimum absolute atomic E-state index is 0.273. The van der Waals surface area contributed by atoms with Crippen molar-refractivity contribution >= 4 is 17.6 Å². The molecule has 0 aliphatic rings. The number of carboxylic acid groups (broad SMARTS) is 1. The predicted molar refractivity (Wildman–Crippen MR) is 63.1 cm³/mol. The van der Waals surface area contributed by atoms with Gasteiger partial charge in [-0.2, -0.15) is 0 Å². The van der Waals surface area contributed by atoms with E-state index in [9.17, 15) is 9.59 Å². The van der Waals surface area contributed by atoms with Crippen molar-refractivity contribution in [3.8, 4) is 5.69 Å². The van der Waals surface area contributed by atoms with Crippen LogP contribution >= 0.6 is 11.6 Å². The Labute approximate surface area is 101 Å². The topological polar surface area (TPSA) is 75.1 Å². The first-order chi connectivity index (χ1) is 8.02. The van der Waals surface area contributed by atoms with Crippen LogP contribution in [0, 0.1) is 6.92 Å². The average molecular weight is 253 g/mol. The van der Waals surface area contributed by atoms with E-state index in [-0.39, 0.29) is 5.56 Å². The summed E-state index contributed by atoms with van der Waals surface area (Å²) in [5.41, 5.74) is -0.176. The second-order valence-corrected chi connectivity index (χ2v) is 3.92. The molecule has 6 heteroatoms. The molecule has 0 radical (unpaired) electrons. The van der Waals surface area contributed by atoms with Crippen LogP contribution in [0.5, 0.6) is 0 Å². The lowest BCUT2D eigenvalue weighted by Crippen LogP contribution is -2.20. The van der Waals surface area contributed by atoms with Crippen molar-refractivity contribution in [1.29, 1.82) is 0 Å². The van der Waals surface area contributed by atoms with Crippen LogP contribution in [0.1, 0.15) is 16.1 Å². The van der Waals surface area contributed by atoms with Crippen LogP contribution in [0.15, 0.2) is 29.1 Å². The Bertz CT molecular complexity index is 642. The molecule has 0 spiro atoms. The maximum atomic E-state index is 11.9. The SMILES string of the molecule is Cc1[nH]n(-c2ccccc2Cl)c(=O)c1C(=O)O. The molecule has 1 aromatic carbocycles. The smallest absolute Gasteiger partial charge is 0.343 e. The summed E-state index contributed by atoms with van der Waals surface area (Å²) in [6.45, 7) is 1.53. The lowest BCUT2D eigenvalue weighted by atomic mass is 10.2. The van der Waals surface area contributed by atoms with E-state index in [1.54, 1.807) is 24.3 Å². The molecule has 0 unspecified atom stereocenters. The Morgan fingerprint density at radius 3 is 2.59 bits per heavy atom. The highest BCUT2D eigenvalue weighted by atomic mass is 35.5. The molecule has 1 heterocycles. The van der Waals surface area contributed by atoms with E-state index in [0.717, 1.165) is 4.68 Å². The predicted octanol–water partition coefficient (Wildman–Crippen LogP) is 1.83. The summed E-state index contributed by atoms with van der Waals surface area (Å²) in [4.78, 5) is 22.8. The van der Waals surface area contributed by atoms with Crippen molar-refractivity contribution in [2.24, 2.45) is 0 Å². The summed E-state index contributed by atoms with van der Waals surface area (Å²) in [7, 11) is 0. The number of aromatic carboxylic acids is 1. The molecular formula is C11H9ClN2O3. The van der Waals surface area contributed by atoms with Gasteiger partial charge >= 0.3 is 5.97 Å². The molecule has 2 rings (SSSR count). The molecule has 0 aliphatic heterocycles. The molecule has 0 fully saturated rings. The molecule has 5 nitrogen and oxygen atoms in total. The second kappa shape index (κ2) is 4.10. The van der Waals surface area contributed by atoms with Gasteiger partial charge in [0, 0.05) is 5.69 Å². The summed E-state index contributed by atoms with van der Waals surface area (Å²) >= 11 is 5.94. The van der Waals surface area contributed by atoms with Crippen molar-refractivity contribution in [2.75, 3.05) is 0 Å². The van der Waals surface area contributed by atoms with Gasteiger partial charge in [0.15, 0.2) is 0 Å². The first kappa shape index (κ1) is 11.5. The number of para-hydroxylation sites is 1. The third kappa shape index (κ3) is 1.85. The summed E-state index contributed by atoms with van der Waals surface area (Å²) in [6.07, 6.45) is 0. The molecule has 88 valence electrons. The second-order valence-electron chi connectivity index (χ2n) is 3.51. The third-order valence-corrected chi connectivity index (χ3v) is 2.70. The quantitative estimate of drug-likeness (QED) is 0.856. The van der Waals surface area contributed by atoms with E-state index in [4.69, 9.17) is 16.7 Å². The molecule has 0 aliphatic carbocycles. The molecule has 2 N–H and O–H groups in total. The number of nitrogens with one attached hydrogen (secondary N) is 1. The minimum Gasteiger partial charge on any atom is -0.477 e. The van der Waals surface area contributed by atoms with Crippen molar-refractivity contribution in [2.45, 2.75) is 6.92 Å². The Balaban J connectivity index is 2.71. The van der Waals surface area contributed by atoms with Crippen molar-refractivity contribution in [1.82, 2.24) is 9.78 Å². The number of hydrogen-bond donors (Lipinski definition) is 2. The molecule has 0 bridgehead atoms. The van der Waals surface area contributed by atoms with E-state index in [0.29, 0.717) is 16.4 Å². The van der Waals surface area contributed by atoms with Crippen LogP contribution in [0.2, 0.25) is 5.02 Å². The molecule has 1 aromatic heterocycles. The summed E-state index contributed by atoms with van der Waals surface area (Å²) in [5, 5.41) is 12.0. The average Bonchev–Trinajstić information content (AvgIpc) is 2.55. The fourth-order valence-electron chi connectivity index (χ4n) is 1.60. The first-order valence-electron chi connectivity index (χ1n) is 4.82. The van der Waals surface area contributed by atoms with Gasteiger partial charge in [0.05, 0.1) is 10.7 Å². The van der Waals surface area contributed by atoms with Crippen LogP contribution in [0.3, 0.4) is 0 Å². The molecule has 0 amide bonds. The first-order valence-corrected chi connectivity index (χ1v) is 5.20. The zero-order chi connectivity index (χ0) is 12.6. The van der Waals surface area contributed by atoms with E-state index < -0.39 is 11.5 Å². The highest BCUT2D eigenvalue weighted by Gasteiger charge is 2.19. The normalized spacial score (nSPS) is 10.5. The standard InChI is InChI=1S/C11H9ClN2O3/c1-6-9(11(16)17)10(15)14(13-6)8-5-3-2-4-7(8)12/h2-5,13H,1H3,(H,16,17). The fourth-order valence-corrected chi connectivity index (χ4v) is 1.82. The zero-order valence-corrected chi connectivity index (χ0v) is 9.65. The number of hydrogen-bond acceptors (Lipinski definition) is 2. The molecule has 0 saturated carbocycles. The van der Waals surface area contributed by atoms with Gasteiger partial charge in [-0.15, -0.1) is 0 Å². The lowest BCUT2D eigenvalue weighted by Gasteiger charge is -2.03. The third-order valence-electron chi connectivity index (χ3n) is 2.38. The molecule has 0 atom stereocenters. The van der Waals surface area contributed by atoms with Crippen LogP contribution < -0.4 is 5.56 Å². The number of aromatic amines is 1. The number of aromatic nitrogens is 2. The van der Waals surface area contributed by atoms with Gasteiger partial charge in [-0.3, -0.25) is 9.89 Å². The highest BCUT2D eigenvalue weighted by Crippen LogP contribution is 2.18. The van der Waals surface area contributed by atoms with Gasteiger partial charge in [-0.05, 0) is 19.1 Å². The lowest BCUT2D eigenvalue weighted by molar-refractivity contribution is 0.0694. The maximum Gasteiger partial charge on any atom is 0.343 e. The number of nitrogens with zero attached hydrogens (tertiary/aromatic N) is 1. The molecule has 2 aromatic rings. The Morgan fingerprint density at radius 2 is 2.06 bits per heavy atom. The van der Waals surface area contributed by atoms with Gasteiger partial charge < -0.3 is 5.11 Å². The van der Waals surface area contributed by atoms with E-state index in [1.807, 2.05) is 0 Å². The minimum atomic E-state index is -1.26. The molecule has 17 heavy (non-hydrogen) atoms. The van der Waals surface area contributed by atoms with Crippen LogP contribution in [-0.4, -0.2) is 20.9 Å². The van der Waals surface area contributed by atoms with Gasteiger partial charge in [-0.1, -0.05) is 23.7 Å².